The van der Waals surface area contributed by atoms with Crippen molar-refractivity contribution in [3.63, 3.8) is 0 Å². The molecule has 0 spiro atoms. The Morgan fingerprint density at radius 2 is 2.19 bits per heavy atom. The van der Waals surface area contributed by atoms with Crippen molar-refractivity contribution >= 4 is 11.6 Å². The fourth-order valence-corrected chi connectivity index (χ4v) is 2.89. The predicted octanol–water partition coefficient (Wildman–Crippen LogP) is 2.74. The monoisotopic (exact) mass is 284 g/mol. The molecular weight excluding hydrogens is 264 g/mol. The van der Waals surface area contributed by atoms with Crippen LogP contribution < -0.4 is 10.2 Å². The van der Waals surface area contributed by atoms with E-state index in [1.165, 1.54) is 5.56 Å². The highest BCUT2D eigenvalue weighted by Gasteiger charge is 2.29. The van der Waals surface area contributed by atoms with E-state index in [0.29, 0.717) is 19.5 Å². The second-order valence-corrected chi connectivity index (χ2v) is 5.45. The van der Waals surface area contributed by atoms with E-state index in [4.69, 9.17) is 4.42 Å². The van der Waals surface area contributed by atoms with Crippen LogP contribution in [0.25, 0.3) is 0 Å². The van der Waals surface area contributed by atoms with Crippen LogP contribution in [0.4, 0.5) is 5.69 Å². The molecule has 0 radical (unpaired) electrons. The van der Waals surface area contributed by atoms with Crippen LogP contribution in [-0.2, 0) is 17.8 Å². The smallest absolute Gasteiger partial charge is 0.228 e. The minimum atomic E-state index is 0.180. The maximum Gasteiger partial charge on any atom is 0.228 e. The van der Waals surface area contributed by atoms with Gasteiger partial charge in [-0.2, -0.15) is 0 Å². The van der Waals surface area contributed by atoms with Gasteiger partial charge in [0, 0.05) is 24.7 Å². The van der Waals surface area contributed by atoms with Crippen LogP contribution in [0.1, 0.15) is 24.7 Å². The lowest BCUT2D eigenvalue weighted by Gasteiger charge is -2.22. The van der Waals surface area contributed by atoms with Gasteiger partial charge in [-0.15, -0.1) is 0 Å². The lowest BCUT2D eigenvalue weighted by Crippen LogP contribution is -2.37. The van der Waals surface area contributed by atoms with Crippen molar-refractivity contribution in [2.24, 2.45) is 0 Å². The normalized spacial score (nSPS) is 17.0. The molecule has 4 heteroatoms. The first-order chi connectivity index (χ1) is 10.3. The van der Waals surface area contributed by atoms with Crippen molar-refractivity contribution < 1.29 is 9.21 Å². The first kappa shape index (κ1) is 13.9. The maximum atomic E-state index is 12.4. The second-order valence-electron chi connectivity index (χ2n) is 5.45. The molecule has 1 amide bonds. The Kier molecular flexibility index (Phi) is 4.06. The molecule has 0 fully saturated rings. The molecule has 3 rings (SSSR count). The summed E-state index contributed by atoms with van der Waals surface area (Å²) in [5, 5.41) is 3.24. The zero-order chi connectivity index (χ0) is 14.7. The molecule has 110 valence electrons. The van der Waals surface area contributed by atoms with Gasteiger partial charge in [0.15, 0.2) is 0 Å². The molecule has 1 unspecified atom stereocenters. The third-order valence-electron chi connectivity index (χ3n) is 3.87. The molecule has 21 heavy (non-hydrogen) atoms. The third kappa shape index (κ3) is 3.00. The number of rotatable bonds is 5. The van der Waals surface area contributed by atoms with Gasteiger partial charge in [-0.3, -0.25) is 4.79 Å². The minimum Gasteiger partial charge on any atom is -0.468 e. The minimum absolute atomic E-state index is 0.180. The van der Waals surface area contributed by atoms with Crippen molar-refractivity contribution in [2.75, 3.05) is 11.4 Å². The molecule has 0 bridgehead atoms. The molecule has 1 N–H and O–H groups in total. The highest BCUT2D eigenvalue weighted by Crippen LogP contribution is 2.32. The van der Waals surface area contributed by atoms with Gasteiger partial charge >= 0.3 is 0 Å². The molecule has 1 aromatic carbocycles. The van der Waals surface area contributed by atoms with E-state index in [9.17, 15) is 4.79 Å². The first-order valence-electron chi connectivity index (χ1n) is 7.39. The summed E-state index contributed by atoms with van der Waals surface area (Å²) >= 11 is 0. The Morgan fingerprint density at radius 3 is 3.00 bits per heavy atom. The van der Waals surface area contributed by atoms with E-state index < -0.39 is 0 Å². The van der Waals surface area contributed by atoms with E-state index in [-0.39, 0.29) is 11.9 Å². The quantitative estimate of drug-likeness (QED) is 0.859. The van der Waals surface area contributed by atoms with Gasteiger partial charge in [-0.1, -0.05) is 18.2 Å². The molecule has 1 aliphatic heterocycles. The number of anilines is 1. The van der Waals surface area contributed by atoms with E-state index >= 15 is 0 Å². The number of hydrogen-bond acceptors (Lipinski definition) is 3. The number of amides is 1. The molecule has 2 aromatic rings. The summed E-state index contributed by atoms with van der Waals surface area (Å²) in [6.45, 7) is 3.42. The number of furan rings is 1. The van der Waals surface area contributed by atoms with Gasteiger partial charge in [0.05, 0.1) is 12.8 Å². The Bertz CT molecular complexity index is 607. The Labute approximate surface area is 124 Å². The van der Waals surface area contributed by atoms with Crippen LogP contribution >= 0.6 is 0 Å². The molecule has 1 atom stereocenters. The first-order valence-corrected chi connectivity index (χ1v) is 7.39. The van der Waals surface area contributed by atoms with Crippen molar-refractivity contribution in [1.82, 2.24) is 5.32 Å². The van der Waals surface area contributed by atoms with Gasteiger partial charge < -0.3 is 14.6 Å². The largest absolute Gasteiger partial charge is 0.468 e. The lowest BCUT2D eigenvalue weighted by molar-refractivity contribution is -0.118. The van der Waals surface area contributed by atoms with E-state index in [0.717, 1.165) is 17.9 Å². The molecule has 0 saturated heterocycles. The average Bonchev–Trinajstić information content (AvgIpc) is 3.09. The Hall–Kier alpha value is -2.07. The van der Waals surface area contributed by atoms with Gasteiger partial charge in [-0.05, 0) is 37.1 Å². The third-order valence-corrected chi connectivity index (χ3v) is 3.87. The highest BCUT2D eigenvalue weighted by atomic mass is 16.3. The summed E-state index contributed by atoms with van der Waals surface area (Å²) in [4.78, 5) is 14.4. The predicted molar refractivity (Wildman–Crippen MR) is 82.1 cm³/mol. The van der Waals surface area contributed by atoms with Crippen LogP contribution in [0.15, 0.2) is 47.1 Å². The fraction of sp³-hybridized carbons (Fsp3) is 0.353. The van der Waals surface area contributed by atoms with Crippen molar-refractivity contribution in [1.29, 1.82) is 0 Å². The number of benzene rings is 1. The van der Waals surface area contributed by atoms with E-state index in [1.54, 1.807) is 6.26 Å². The number of para-hydroxylation sites is 1. The number of carbonyl (C=O) groups is 1. The summed E-state index contributed by atoms with van der Waals surface area (Å²) in [7, 11) is 0. The van der Waals surface area contributed by atoms with Crippen LogP contribution in [-0.4, -0.2) is 18.5 Å². The van der Waals surface area contributed by atoms with Crippen molar-refractivity contribution in [3.05, 3.63) is 54.0 Å². The van der Waals surface area contributed by atoms with Crippen LogP contribution in [0.5, 0.6) is 0 Å². The maximum absolute atomic E-state index is 12.4. The molecule has 1 aromatic heterocycles. The second kappa shape index (κ2) is 6.14. The van der Waals surface area contributed by atoms with Gasteiger partial charge in [0.2, 0.25) is 5.91 Å². The summed E-state index contributed by atoms with van der Waals surface area (Å²) in [5.41, 5.74) is 2.34. The number of fused-ring (bicyclic) bond motifs is 1. The molecule has 2 heterocycles. The molecular formula is C17H20N2O2. The highest BCUT2D eigenvalue weighted by molar-refractivity contribution is 5.96. The van der Waals surface area contributed by atoms with Gasteiger partial charge in [-0.25, -0.2) is 0 Å². The lowest BCUT2D eigenvalue weighted by atomic mass is 10.1. The standard InChI is InChI=1S/C17H20N2O2/c1-13-11-14-5-2-3-7-16(14)19(13)17(20)8-9-18-12-15-6-4-10-21-15/h2-7,10,13,18H,8-9,11-12H2,1H3. The summed E-state index contributed by atoms with van der Waals surface area (Å²) in [6, 6.07) is 12.2. The van der Waals surface area contributed by atoms with Crippen LogP contribution in [0, 0.1) is 0 Å². The van der Waals surface area contributed by atoms with E-state index in [2.05, 4.69) is 18.3 Å². The van der Waals surface area contributed by atoms with Gasteiger partial charge in [0.1, 0.15) is 5.76 Å². The molecule has 0 saturated carbocycles. The topological polar surface area (TPSA) is 45.5 Å². The van der Waals surface area contributed by atoms with Gasteiger partial charge in [0.25, 0.3) is 0 Å². The number of nitrogens with one attached hydrogen (secondary N) is 1. The number of carbonyl (C=O) groups excluding carboxylic acids is 1. The summed E-state index contributed by atoms with van der Waals surface area (Å²) in [5.74, 6) is 1.07. The van der Waals surface area contributed by atoms with Crippen LogP contribution in [0.3, 0.4) is 0 Å². The molecule has 1 aliphatic rings. The van der Waals surface area contributed by atoms with Crippen molar-refractivity contribution in [2.45, 2.75) is 32.4 Å². The SMILES string of the molecule is CC1Cc2ccccc2N1C(=O)CCNCc1ccco1. The Morgan fingerprint density at radius 1 is 1.33 bits per heavy atom. The molecule has 0 aliphatic carbocycles. The Balaban J connectivity index is 1.53. The van der Waals surface area contributed by atoms with E-state index in [1.807, 2.05) is 35.2 Å². The van der Waals surface area contributed by atoms with Crippen molar-refractivity contribution in [3.8, 4) is 0 Å². The summed E-state index contributed by atoms with van der Waals surface area (Å²) < 4.78 is 5.25. The number of hydrogen-bond donors (Lipinski definition) is 1. The zero-order valence-corrected chi connectivity index (χ0v) is 12.2. The molecule has 4 nitrogen and oxygen atoms in total. The van der Waals surface area contributed by atoms with Crippen LogP contribution in [0.2, 0.25) is 0 Å². The fourth-order valence-electron chi connectivity index (χ4n) is 2.89. The average molecular weight is 284 g/mol. The number of nitrogens with zero attached hydrogens (tertiary/aromatic N) is 1. The zero-order valence-electron chi connectivity index (χ0n) is 12.2. The summed E-state index contributed by atoms with van der Waals surface area (Å²) in [6.07, 6.45) is 3.10.